The number of rotatable bonds is 6. The van der Waals surface area contributed by atoms with E-state index >= 15 is 0 Å². The second-order valence-electron chi connectivity index (χ2n) is 9.86. The molecule has 1 N–H and O–H groups in total. The molecule has 0 radical (unpaired) electrons. The lowest BCUT2D eigenvalue weighted by Gasteiger charge is -2.31. The third-order valence-electron chi connectivity index (χ3n) is 7.46. The van der Waals surface area contributed by atoms with Gasteiger partial charge in [0.1, 0.15) is 5.82 Å². The predicted molar refractivity (Wildman–Crippen MR) is 143 cm³/mol. The first-order valence-corrected chi connectivity index (χ1v) is 12.4. The summed E-state index contributed by atoms with van der Waals surface area (Å²) in [5.74, 6) is 0.856. The molecule has 2 aromatic heterocycles. The summed E-state index contributed by atoms with van der Waals surface area (Å²) in [5, 5.41) is 4.90. The van der Waals surface area contributed by atoms with E-state index in [9.17, 15) is 4.39 Å². The number of aryl methyl sites for hydroxylation is 1. The molecule has 2 aliphatic rings. The van der Waals surface area contributed by atoms with Crippen LogP contribution in [0.25, 0.3) is 10.9 Å². The quantitative estimate of drug-likeness (QED) is 0.355. The van der Waals surface area contributed by atoms with Crippen LogP contribution in [0.2, 0.25) is 0 Å². The number of fused-ring (bicyclic) bond motifs is 2. The van der Waals surface area contributed by atoms with E-state index in [4.69, 9.17) is 4.98 Å². The predicted octanol–water partition coefficient (Wildman–Crippen LogP) is 6.08. The van der Waals surface area contributed by atoms with Gasteiger partial charge in [-0.2, -0.15) is 0 Å². The number of pyridine rings is 1. The van der Waals surface area contributed by atoms with Gasteiger partial charge in [-0.15, -0.1) is 12.4 Å². The Labute approximate surface area is 212 Å². The highest BCUT2D eigenvalue weighted by molar-refractivity contribution is 5.94. The van der Waals surface area contributed by atoms with Crippen LogP contribution in [-0.4, -0.2) is 22.1 Å². The first-order valence-electron chi connectivity index (χ1n) is 12.4. The molecule has 0 spiro atoms. The van der Waals surface area contributed by atoms with Crippen molar-refractivity contribution in [3.8, 4) is 0 Å². The molecule has 2 aromatic carbocycles. The van der Waals surface area contributed by atoms with Crippen molar-refractivity contribution in [2.75, 3.05) is 11.4 Å². The second-order valence-corrected chi connectivity index (χ2v) is 9.86. The lowest BCUT2D eigenvalue weighted by molar-refractivity contribution is 0.623. The molecule has 0 bridgehead atoms. The molecule has 35 heavy (non-hydrogen) atoms. The van der Waals surface area contributed by atoms with Gasteiger partial charge in [0.05, 0.1) is 11.2 Å². The Balaban J connectivity index is 0.00000253. The van der Waals surface area contributed by atoms with Gasteiger partial charge in [-0.3, -0.25) is 0 Å². The fourth-order valence-corrected chi connectivity index (χ4v) is 5.23. The van der Waals surface area contributed by atoms with E-state index in [0.29, 0.717) is 12.6 Å². The van der Waals surface area contributed by atoms with Crippen molar-refractivity contribution in [1.82, 2.24) is 14.9 Å². The van der Waals surface area contributed by atoms with E-state index in [1.807, 2.05) is 6.07 Å². The molecule has 0 amide bonds. The average Bonchev–Trinajstić information content (AvgIpc) is 3.66. The number of hydrogen-bond acceptors (Lipinski definition) is 3. The summed E-state index contributed by atoms with van der Waals surface area (Å²) < 4.78 is 16.3. The molecule has 1 saturated carbocycles. The van der Waals surface area contributed by atoms with Gasteiger partial charge in [-0.1, -0.05) is 36.4 Å². The van der Waals surface area contributed by atoms with Crippen molar-refractivity contribution in [3.63, 3.8) is 0 Å². The van der Waals surface area contributed by atoms with Crippen molar-refractivity contribution in [2.45, 2.75) is 58.8 Å². The van der Waals surface area contributed by atoms with Crippen LogP contribution in [0.15, 0.2) is 54.6 Å². The minimum Gasteiger partial charge on any atom is -0.350 e. The van der Waals surface area contributed by atoms with Crippen LogP contribution in [0.3, 0.4) is 0 Å². The zero-order valence-corrected chi connectivity index (χ0v) is 21.2. The van der Waals surface area contributed by atoms with Crippen molar-refractivity contribution in [3.05, 3.63) is 94.1 Å². The Morgan fingerprint density at radius 2 is 1.83 bits per heavy atom. The normalized spacial score (nSPS) is 15.2. The van der Waals surface area contributed by atoms with E-state index in [-0.39, 0.29) is 18.2 Å². The van der Waals surface area contributed by atoms with Crippen LogP contribution in [0, 0.1) is 19.7 Å². The largest absolute Gasteiger partial charge is 0.350 e. The lowest BCUT2D eigenvalue weighted by atomic mass is 10.00. The van der Waals surface area contributed by atoms with Crippen molar-refractivity contribution >= 4 is 29.1 Å². The molecule has 3 heterocycles. The van der Waals surface area contributed by atoms with Crippen molar-refractivity contribution in [1.29, 1.82) is 0 Å². The molecule has 1 aliphatic carbocycles. The number of benzene rings is 2. The molecule has 0 atom stereocenters. The van der Waals surface area contributed by atoms with Gasteiger partial charge >= 0.3 is 0 Å². The standard InChI is InChI=1S/C29H31FN4.ClH/c1-19-20(2)34(17-21-6-5-9-24(30)14-21)28-27(19)15-26(16-31-25-10-11-25)32-29(28)33-13-12-22-7-3-4-8-23(22)18-33;/h3-9,14-15,25,31H,10-13,16-18H2,1-2H3;1H. The number of aromatic nitrogens is 2. The maximum absolute atomic E-state index is 14.0. The third kappa shape index (κ3) is 4.67. The summed E-state index contributed by atoms with van der Waals surface area (Å²) in [6.07, 6.45) is 3.55. The van der Waals surface area contributed by atoms with Gasteiger partial charge in [0.25, 0.3) is 0 Å². The Hall–Kier alpha value is -2.89. The minimum atomic E-state index is -0.192. The molecule has 4 nitrogen and oxygen atoms in total. The first kappa shape index (κ1) is 23.8. The van der Waals surface area contributed by atoms with Gasteiger partial charge < -0.3 is 14.8 Å². The number of anilines is 1. The topological polar surface area (TPSA) is 33.1 Å². The summed E-state index contributed by atoms with van der Waals surface area (Å²) in [5.41, 5.74) is 8.53. The summed E-state index contributed by atoms with van der Waals surface area (Å²) in [7, 11) is 0. The van der Waals surface area contributed by atoms with Crippen molar-refractivity contribution < 1.29 is 4.39 Å². The zero-order valence-electron chi connectivity index (χ0n) is 20.4. The second kappa shape index (κ2) is 9.63. The van der Waals surface area contributed by atoms with E-state index in [1.54, 1.807) is 12.1 Å². The zero-order chi connectivity index (χ0) is 23.2. The fraction of sp³-hybridized carbons (Fsp3) is 0.345. The summed E-state index contributed by atoms with van der Waals surface area (Å²) in [6.45, 7) is 7.61. The van der Waals surface area contributed by atoms with Crippen LogP contribution in [0.1, 0.15) is 46.5 Å². The highest BCUT2D eigenvalue weighted by Gasteiger charge is 2.25. The van der Waals surface area contributed by atoms with Crippen LogP contribution < -0.4 is 10.2 Å². The minimum absolute atomic E-state index is 0. The highest BCUT2D eigenvalue weighted by atomic mass is 35.5. The Kier molecular flexibility index (Phi) is 6.56. The Bertz CT molecular complexity index is 1370. The molecule has 0 unspecified atom stereocenters. The summed E-state index contributed by atoms with van der Waals surface area (Å²) in [4.78, 5) is 7.68. The molecule has 1 aliphatic heterocycles. The van der Waals surface area contributed by atoms with Gasteiger partial charge in [-0.05, 0) is 73.6 Å². The van der Waals surface area contributed by atoms with E-state index in [2.05, 4.69) is 59.0 Å². The number of nitrogens with one attached hydrogen (secondary N) is 1. The van der Waals surface area contributed by atoms with E-state index in [0.717, 1.165) is 48.6 Å². The van der Waals surface area contributed by atoms with E-state index < -0.39 is 0 Å². The molecular weight excluding hydrogens is 459 g/mol. The molecule has 6 heteroatoms. The fourth-order valence-electron chi connectivity index (χ4n) is 5.23. The Morgan fingerprint density at radius 3 is 2.60 bits per heavy atom. The van der Waals surface area contributed by atoms with Crippen LogP contribution in [-0.2, 0) is 26.1 Å². The Morgan fingerprint density at radius 1 is 1.03 bits per heavy atom. The van der Waals surface area contributed by atoms with E-state index in [1.165, 1.54) is 46.7 Å². The maximum Gasteiger partial charge on any atom is 0.153 e. The van der Waals surface area contributed by atoms with Crippen LogP contribution in [0.5, 0.6) is 0 Å². The molecule has 6 rings (SSSR count). The van der Waals surface area contributed by atoms with Gasteiger partial charge in [0.2, 0.25) is 0 Å². The van der Waals surface area contributed by atoms with Gasteiger partial charge in [0, 0.05) is 43.3 Å². The summed E-state index contributed by atoms with van der Waals surface area (Å²) >= 11 is 0. The number of nitrogens with zero attached hydrogens (tertiary/aromatic N) is 3. The third-order valence-corrected chi connectivity index (χ3v) is 7.46. The first-order chi connectivity index (χ1) is 16.6. The van der Waals surface area contributed by atoms with Crippen molar-refractivity contribution in [2.24, 2.45) is 0 Å². The van der Waals surface area contributed by atoms with Crippen LogP contribution in [0.4, 0.5) is 10.2 Å². The molecule has 1 fully saturated rings. The molecular formula is C29H32ClFN4. The van der Waals surface area contributed by atoms with Gasteiger partial charge in [-0.25, -0.2) is 9.37 Å². The van der Waals surface area contributed by atoms with Crippen LogP contribution >= 0.6 is 12.4 Å². The molecule has 4 aromatic rings. The highest BCUT2D eigenvalue weighted by Crippen LogP contribution is 2.35. The molecule has 0 saturated heterocycles. The number of hydrogen-bond donors (Lipinski definition) is 1. The molecule has 182 valence electrons. The maximum atomic E-state index is 14.0. The number of halogens is 2. The average molecular weight is 491 g/mol. The van der Waals surface area contributed by atoms with Gasteiger partial charge in [0.15, 0.2) is 5.82 Å². The smallest absolute Gasteiger partial charge is 0.153 e. The summed E-state index contributed by atoms with van der Waals surface area (Å²) in [6, 6.07) is 18.6. The SMILES string of the molecule is Cc1c(C)n(Cc2cccc(F)c2)c2c(N3CCc4ccccc4C3)nc(CNC3CC3)cc12.Cl. The lowest BCUT2D eigenvalue weighted by Crippen LogP contribution is -2.32. The monoisotopic (exact) mass is 490 g/mol.